The van der Waals surface area contributed by atoms with Gasteiger partial charge in [0.15, 0.2) is 0 Å². The summed E-state index contributed by atoms with van der Waals surface area (Å²) in [4.78, 5) is 26.9. The molecular weight excluding hydrogens is 390 g/mol. The van der Waals surface area contributed by atoms with E-state index in [1.54, 1.807) is 24.3 Å². The number of nitrogens with one attached hydrogen (secondary N) is 2. The summed E-state index contributed by atoms with van der Waals surface area (Å²) in [5.41, 5.74) is 1.18. The first-order valence-corrected chi connectivity index (χ1v) is 10.8. The first kappa shape index (κ1) is 21.4. The van der Waals surface area contributed by atoms with Gasteiger partial charge in [0.1, 0.15) is 5.01 Å². The Morgan fingerprint density at radius 3 is 2.62 bits per heavy atom. The highest BCUT2D eigenvalue weighted by atomic mass is 32.1. The number of nitrogens with zero attached hydrogens (tertiary/aromatic N) is 3. The molecule has 2 heterocycles. The monoisotopic (exact) mass is 417 g/mol. The molecule has 29 heavy (non-hydrogen) atoms. The molecule has 0 bridgehead atoms. The van der Waals surface area contributed by atoms with Gasteiger partial charge in [-0.25, -0.2) is 0 Å². The summed E-state index contributed by atoms with van der Waals surface area (Å²) in [6, 6.07) is 6.84. The molecule has 0 unspecified atom stereocenters. The van der Waals surface area contributed by atoms with Crippen LogP contribution in [0.25, 0.3) is 0 Å². The number of ether oxygens (including phenoxy) is 1. The van der Waals surface area contributed by atoms with Gasteiger partial charge in [0.05, 0.1) is 13.2 Å². The van der Waals surface area contributed by atoms with Crippen LogP contribution < -0.4 is 10.6 Å². The third kappa shape index (κ3) is 6.59. The van der Waals surface area contributed by atoms with Crippen LogP contribution >= 0.6 is 11.3 Å². The number of aryl methyl sites for hydroxylation is 1. The molecule has 2 aromatic rings. The van der Waals surface area contributed by atoms with Crippen molar-refractivity contribution in [2.24, 2.45) is 0 Å². The summed E-state index contributed by atoms with van der Waals surface area (Å²) < 4.78 is 5.33. The van der Waals surface area contributed by atoms with Crippen LogP contribution in [0, 0.1) is 0 Å². The van der Waals surface area contributed by atoms with Crippen molar-refractivity contribution in [3.63, 3.8) is 0 Å². The third-order valence-electron chi connectivity index (χ3n) is 4.57. The third-order valence-corrected chi connectivity index (χ3v) is 5.55. The van der Waals surface area contributed by atoms with Crippen LogP contribution in [0.3, 0.4) is 0 Å². The number of amides is 2. The van der Waals surface area contributed by atoms with Gasteiger partial charge in [-0.2, -0.15) is 0 Å². The molecule has 8 nitrogen and oxygen atoms in total. The molecule has 1 aliphatic rings. The summed E-state index contributed by atoms with van der Waals surface area (Å²) in [5, 5.41) is 14.9. The maximum absolute atomic E-state index is 12.3. The van der Waals surface area contributed by atoms with Crippen molar-refractivity contribution in [1.29, 1.82) is 0 Å². The van der Waals surface area contributed by atoms with E-state index in [2.05, 4.69) is 32.7 Å². The highest BCUT2D eigenvalue weighted by Gasteiger charge is 2.13. The van der Waals surface area contributed by atoms with Crippen molar-refractivity contribution in [2.45, 2.75) is 26.2 Å². The first-order valence-electron chi connectivity index (χ1n) is 9.98. The highest BCUT2D eigenvalue weighted by molar-refractivity contribution is 7.13. The van der Waals surface area contributed by atoms with E-state index in [0.29, 0.717) is 22.8 Å². The Hall–Kier alpha value is -2.36. The zero-order chi connectivity index (χ0) is 20.5. The van der Waals surface area contributed by atoms with Crippen molar-refractivity contribution in [3.05, 3.63) is 39.8 Å². The number of carbonyl (C=O) groups is 2. The fraction of sp³-hybridized carbons (Fsp3) is 0.500. The van der Waals surface area contributed by atoms with Crippen molar-refractivity contribution < 1.29 is 14.3 Å². The van der Waals surface area contributed by atoms with E-state index in [1.165, 1.54) is 11.3 Å². The Morgan fingerprint density at radius 1 is 1.14 bits per heavy atom. The maximum atomic E-state index is 12.3. The van der Waals surface area contributed by atoms with Gasteiger partial charge in [0.2, 0.25) is 5.01 Å². The topological polar surface area (TPSA) is 96.5 Å². The Morgan fingerprint density at radius 2 is 1.90 bits per heavy atom. The molecule has 156 valence electrons. The predicted molar refractivity (Wildman–Crippen MR) is 113 cm³/mol. The zero-order valence-electron chi connectivity index (χ0n) is 16.6. The lowest BCUT2D eigenvalue weighted by Gasteiger charge is -2.26. The molecule has 1 aromatic heterocycles. The zero-order valence-corrected chi connectivity index (χ0v) is 17.5. The van der Waals surface area contributed by atoms with Crippen LogP contribution in [-0.4, -0.2) is 66.3 Å². The van der Waals surface area contributed by atoms with Crippen LogP contribution in [0.1, 0.15) is 44.9 Å². The fourth-order valence-electron chi connectivity index (χ4n) is 2.98. The number of hydrogen-bond acceptors (Lipinski definition) is 7. The number of carbonyl (C=O) groups excluding carboxylic acids is 2. The molecular formula is C20H27N5O3S. The van der Waals surface area contributed by atoms with E-state index in [9.17, 15) is 9.59 Å². The number of rotatable bonds is 9. The number of aromatic nitrogens is 2. The van der Waals surface area contributed by atoms with E-state index >= 15 is 0 Å². The van der Waals surface area contributed by atoms with Crippen molar-refractivity contribution in [3.8, 4) is 0 Å². The number of morpholine rings is 1. The molecule has 0 aliphatic carbocycles. The Balaban J connectivity index is 1.42. The Bertz CT molecular complexity index is 803. The van der Waals surface area contributed by atoms with Crippen molar-refractivity contribution >= 4 is 28.8 Å². The molecule has 2 amide bonds. The molecule has 1 saturated heterocycles. The molecule has 0 radical (unpaired) electrons. The number of hydrogen-bond donors (Lipinski definition) is 2. The fourth-order valence-corrected chi connectivity index (χ4v) is 3.82. The second kappa shape index (κ2) is 11.0. The van der Waals surface area contributed by atoms with E-state index < -0.39 is 0 Å². The van der Waals surface area contributed by atoms with Gasteiger partial charge >= 0.3 is 0 Å². The quantitative estimate of drug-likeness (QED) is 0.607. The summed E-state index contributed by atoms with van der Waals surface area (Å²) >= 11 is 1.31. The van der Waals surface area contributed by atoms with E-state index in [0.717, 1.165) is 57.1 Å². The average molecular weight is 418 g/mol. The summed E-state index contributed by atoms with van der Waals surface area (Å²) in [7, 11) is 0. The minimum Gasteiger partial charge on any atom is -0.379 e. The van der Waals surface area contributed by atoms with Gasteiger partial charge in [0, 0.05) is 37.3 Å². The van der Waals surface area contributed by atoms with Crippen LogP contribution in [0.4, 0.5) is 5.69 Å². The van der Waals surface area contributed by atoms with Gasteiger partial charge in [-0.1, -0.05) is 18.3 Å². The van der Waals surface area contributed by atoms with Crippen molar-refractivity contribution in [1.82, 2.24) is 20.4 Å². The lowest BCUT2D eigenvalue weighted by atomic mass is 10.2. The lowest BCUT2D eigenvalue weighted by molar-refractivity contribution is 0.0374. The molecule has 0 atom stereocenters. The van der Waals surface area contributed by atoms with Crippen LogP contribution in [0.5, 0.6) is 0 Å². The van der Waals surface area contributed by atoms with E-state index in [4.69, 9.17) is 4.74 Å². The van der Waals surface area contributed by atoms with E-state index in [1.807, 2.05) is 0 Å². The Kier molecular flexibility index (Phi) is 8.09. The van der Waals surface area contributed by atoms with Gasteiger partial charge in [-0.15, -0.1) is 10.2 Å². The molecule has 1 aromatic carbocycles. The summed E-state index contributed by atoms with van der Waals surface area (Å²) in [5.74, 6) is -0.400. The SMILES string of the molecule is CCCc1nnc(C(=O)Nc2ccc(C(=O)NCCCN3CCOCC3)cc2)s1. The van der Waals surface area contributed by atoms with Crippen molar-refractivity contribution in [2.75, 3.05) is 44.7 Å². The largest absolute Gasteiger partial charge is 0.379 e. The second-order valence-electron chi connectivity index (χ2n) is 6.85. The molecule has 0 spiro atoms. The molecule has 2 N–H and O–H groups in total. The van der Waals surface area contributed by atoms with Gasteiger partial charge in [-0.3, -0.25) is 14.5 Å². The minimum absolute atomic E-state index is 0.113. The molecule has 3 rings (SSSR count). The second-order valence-corrected chi connectivity index (χ2v) is 7.91. The standard InChI is InChI=1S/C20H27N5O3S/c1-2-4-17-23-24-20(29-17)19(27)22-16-7-5-15(6-8-16)18(26)21-9-3-10-25-11-13-28-14-12-25/h5-8H,2-4,9-14H2,1H3,(H,21,26)(H,22,27). The summed E-state index contributed by atoms with van der Waals surface area (Å²) in [6.45, 7) is 7.13. The van der Waals surface area contributed by atoms with Gasteiger partial charge in [-0.05, 0) is 43.7 Å². The van der Waals surface area contributed by atoms with Gasteiger partial charge in [0.25, 0.3) is 11.8 Å². The van der Waals surface area contributed by atoms with Gasteiger partial charge < -0.3 is 15.4 Å². The maximum Gasteiger partial charge on any atom is 0.286 e. The number of benzene rings is 1. The first-order chi connectivity index (χ1) is 14.2. The molecule has 1 aliphatic heterocycles. The van der Waals surface area contributed by atoms with E-state index in [-0.39, 0.29) is 11.8 Å². The van der Waals surface area contributed by atoms with Crippen LogP contribution in [0.2, 0.25) is 0 Å². The van der Waals surface area contributed by atoms with Crippen LogP contribution in [-0.2, 0) is 11.2 Å². The lowest BCUT2D eigenvalue weighted by Crippen LogP contribution is -2.38. The predicted octanol–water partition coefficient (Wildman–Crippen LogP) is 2.20. The molecule has 0 saturated carbocycles. The average Bonchev–Trinajstić information content (AvgIpc) is 3.21. The Labute approximate surface area is 174 Å². The normalized spacial score (nSPS) is 14.5. The smallest absolute Gasteiger partial charge is 0.286 e. The number of anilines is 1. The highest BCUT2D eigenvalue weighted by Crippen LogP contribution is 2.15. The molecule has 9 heteroatoms. The van der Waals surface area contributed by atoms with Crippen LogP contribution in [0.15, 0.2) is 24.3 Å². The summed E-state index contributed by atoms with van der Waals surface area (Å²) in [6.07, 6.45) is 2.69. The minimum atomic E-state index is -0.287. The molecule has 1 fully saturated rings.